The van der Waals surface area contributed by atoms with Gasteiger partial charge in [-0.15, -0.1) is 0 Å². The van der Waals surface area contributed by atoms with Crippen LogP contribution >= 0.6 is 27.5 Å². The summed E-state index contributed by atoms with van der Waals surface area (Å²) >= 11 is 9.13. The number of halogens is 2. The SMILES string of the molecule is O=C(C=Cc1ccc(Cl)cc1)c1cccc(Br)c1. The summed E-state index contributed by atoms with van der Waals surface area (Å²) in [5.41, 5.74) is 1.61. The number of allylic oxidation sites excluding steroid dienone is 1. The van der Waals surface area contributed by atoms with Gasteiger partial charge in [0.15, 0.2) is 5.78 Å². The van der Waals surface area contributed by atoms with Gasteiger partial charge in [-0.05, 0) is 35.9 Å². The largest absolute Gasteiger partial charge is 0.289 e. The van der Waals surface area contributed by atoms with Gasteiger partial charge in [-0.3, -0.25) is 4.79 Å². The quantitative estimate of drug-likeness (QED) is 0.574. The molecule has 0 aliphatic rings. The van der Waals surface area contributed by atoms with Gasteiger partial charge in [-0.1, -0.05) is 57.9 Å². The Balaban J connectivity index is 2.14. The highest BCUT2D eigenvalue weighted by Crippen LogP contribution is 2.14. The van der Waals surface area contributed by atoms with E-state index in [1.54, 1.807) is 36.4 Å². The summed E-state index contributed by atoms with van der Waals surface area (Å²) in [7, 11) is 0. The van der Waals surface area contributed by atoms with Crippen molar-refractivity contribution in [1.82, 2.24) is 0 Å². The van der Waals surface area contributed by atoms with Gasteiger partial charge in [0.2, 0.25) is 0 Å². The number of ketones is 1. The Bertz CT molecular complexity index is 588. The Morgan fingerprint density at radius 2 is 1.83 bits per heavy atom. The van der Waals surface area contributed by atoms with Crippen molar-refractivity contribution in [1.29, 1.82) is 0 Å². The number of hydrogen-bond donors (Lipinski definition) is 0. The summed E-state index contributed by atoms with van der Waals surface area (Å²) in [5, 5.41) is 0.686. The predicted molar refractivity (Wildman–Crippen MR) is 79.0 cm³/mol. The van der Waals surface area contributed by atoms with Crippen molar-refractivity contribution in [3.63, 3.8) is 0 Å². The number of benzene rings is 2. The van der Waals surface area contributed by atoms with Gasteiger partial charge < -0.3 is 0 Å². The predicted octanol–water partition coefficient (Wildman–Crippen LogP) is 5.00. The first-order valence-electron chi connectivity index (χ1n) is 5.39. The highest BCUT2D eigenvalue weighted by atomic mass is 79.9. The fraction of sp³-hybridized carbons (Fsp3) is 0. The molecule has 0 amide bonds. The van der Waals surface area contributed by atoms with Crippen LogP contribution in [0.15, 0.2) is 59.1 Å². The van der Waals surface area contributed by atoms with E-state index in [1.165, 1.54) is 0 Å². The van der Waals surface area contributed by atoms with Crippen LogP contribution in [0, 0.1) is 0 Å². The molecule has 0 atom stereocenters. The van der Waals surface area contributed by atoms with Crippen molar-refractivity contribution in [2.24, 2.45) is 0 Å². The molecule has 0 heterocycles. The van der Waals surface area contributed by atoms with Crippen LogP contribution in [0.4, 0.5) is 0 Å². The van der Waals surface area contributed by atoms with Crippen LogP contribution in [-0.2, 0) is 0 Å². The summed E-state index contributed by atoms with van der Waals surface area (Å²) in [4.78, 5) is 11.9. The van der Waals surface area contributed by atoms with Crippen molar-refractivity contribution in [2.45, 2.75) is 0 Å². The van der Waals surface area contributed by atoms with Gasteiger partial charge in [0.25, 0.3) is 0 Å². The van der Waals surface area contributed by atoms with Crippen molar-refractivity contribution in [2.75, 3.05) is 0 Å². The van der Waals surface area contributed by atoms with E-state index in [2.05, 4.69) is 15.9 Å². The third-order valence-corrected chi connectivity index (χ3v) is 3.15. The monoisotopic (exact) mass is 320 g/mol. The molecule has 0 N–H and O–H groups in total. The third kappa shape index (κ3) is 3.56. The lowest BCUT2D eigenvalue weighted by atomic mass is 10.1. The maximum absolute atomic E-state index is 11.9. The second-order valence-corrected chi connectivity index (χ2v) is 5.11. The maximum Gasteiger partial charge on any atom is 0.185 e. The molecule has 2 aromatic carbocycles. The van der Waals surface area contributed by atoms with Crippen LogP contribution in [-0.4, -0.2) is 5.78 Å². The average Bonchev–Trinajstić information content (AvgIpc) is 2.38. The Morgan fingerprint density at radius 3 is 2.50 bits per heavy atom. The molecular formula is C15H10BrClO. The second-order valence-electron chi connectivity index (χ2n) is 3.76. The molecule has 0 aliphatic heterocycles. The lowest BCUT2D eigenvalue weighted by Gasteiger charge is -1.97. The van der Waals surface area contributed by atoms with Gasteiger partial charge in [-0.2, -0.15) is 0 Å². The molecule has 0 radical (unpaired) electrons. The molecule has 1 nitrogen and oxygen atoms in total. The molecule has 0 saturated carbocycles. The highest BCUT2D eigenvalue weighted by Gasteiger charge is 2.01. The topological polar surface area (TPSA) is 17.1 Å². The Labute approximate surface area is 119 Å². The number of rotatable bonds is 3. The van der Waals surface area contributed by atoms with Crippen molar-refractivity contribution in [3.8, 4) is 0 Å². The molecule has 0 bridgehead atoms. The number of hydrogen-bond acceptors (Lipinski definition) is 1. The van der Waals surface area contributed by atoms with E-state index >= 15 is 0 Å². The molecule has 0 aliphatic carbocycles. The average molecular weight is 322 g/mol. The molecule has 0 spiro atoms. The highest BCUT2D eigenvalue weighted by molar-refractivity contribution is 9.10. The first-order valence-corrected chi connectivity index (χ1v) is 6.56. The van der Waals surface area contributed by atoms with Gasteiger partial charge in [-0.25, -0.2) is 0 Å². The van der Waals surface area contributed by atoms with Crippen molar-refractivity contribution in [3.05, 3.63) is 75.2 Å². The van der Waals surface area contributed by atoms with E-state index in [-0.39, 0.29) is 5.78 Å². The van der Waals surface area contributed by atoms with Crippen LogP contribution in [0.1, 0.15) is 15.9 Å². The Hall–Kier alpha value is -1.38. The van der Waals surface area contributed by atoms with E-state index in [0.717, 1.165) is 10.0 Å². The summed E-state index contributed by atoms with van der Waals surface area (Å²) in [6, 6.07) is 14.6. The zero-order valence-electron chi connectivity index (χ0n) is 9.44. The minimum absolute atomic E-state index is 0.0220. The van der Waals surface area contributed by atoms with Gasteiger partial charge in [0.05, 0.1) is 0 Å². The minimum Gasteiger partial charge on any atom is -0.289 e. The second kappa shape index (κ2) is 5.98. The van der Waals surface area contributed by atoms with Crippen LogP contribution in [0.25, 0.3) is 6.08 Å². The minimum atomic E-state index is -0.0220. The van der Waals surface area contributed by atoms with E-state index in [9.17, 15) is 4.79 Å². The third-order valence-electron chi connectivity index (χ3n) is 2.41. The molecule has 2 rings (SSSR count). The summed E-state index contributed by atoms with van der Waals surface area (Å²) in [6.07, 6.45) is 3.34. The standard InChI is InChI=1S/C15H10BrClO/c16-13-3-1-2-12(10-13)15(18)9-6-11-4-7-14(17)8-5-11/h1-10H. The van der Waals surface area contributed by atoms with E-state index in [0.29, 0.717) is 10.6 Å². The smallest absolute Gasteiger partial charge is 0.185 e. The van der Waals surface area contributed by atoms with E-state index in [1.807, 2.05) is 24.3 Å². The Morgan fingerprint density at radius 1 is 1.11 bits per heavy atom. The first-order chi connectivity index (χ1) is 8.65. The normalized spacial score (nSPS) is 10.8. The summed E-state index contributed by atoms with van der Waals surface area (Å²) < 4.78 is 0.897. The number of carbonyl (C=O) groups is 1. The molecular weight excluding hydrogens is 312 g/mol. The van der Waals surface area contributed by atoms with Gasteiger partial charge >= 0.3 is 0 Å². The zero-order chi connectivity index (χ0) is 13.0. The Kier molecular flexibility index (Phi) is 4.34. The molecule has 0 fully saturated rings. The van der Waals surface area contributed by atoms with Crippen molar-refractivity contribution < 1.29 is 4.79 Å². The summed E-state index contributed by atoms with van der Waals surface area (Å²) in [6.45, 7) is 0. The molecule has 0 unspecified atom stereocenters. The van der Waals surface area contributed by atoms with E-state index in [4.69, 9.17) is 11.6 Å². The maximum atomic E-state index is 11.9. The molecule has 2 aromatic rings. The first kappa shape index (κ1) is 13.1. The molecule has 90 valence electrons. The van der Waals surface area contributed by atoms with Crippen LogP contribution in [0.5, 0.6) is 0 Å². The molecule has 0 aromatic heterocycles. The molecule has 3 heteroatoms. The van der Waals surface area contributed by atoms with Crippen molar-refractivity contribution >= 4 is 39.4 Å². The van der Waals surface area contributed by atoms with Gasteiger partial charge in [0, 0.05) is 15.1 Å². The molecule has 18 heavy (non-hydrogen) atoms. The van der Waals surface area contributed by atoms with Crippen LogP contribution in [0.3, 0.4) is 0 Å². The fourth-order valence-electron chi connectivity index (χ4n) is 1.48. The van der Waals surface area contributed by atoms with Crippen LogP contribution < -0.4 is 0 Å². The van der Waals surface area contributed by atoms with E-state index < -0.39 is 0 Å². The lowest BCUT2D eigenvalue weighted by Crippen LogP contribution is -1.93. The number of carbonyl (C=O) groups excluding carboxylic acids is 1. The lowest BCUT2D eigenvalue weighted by molar-refractivity contribution is 0.104. The summed E-state index contributed by atoms with van der Waals surface area (Å²) in [5.74, 6) is -0.0220. The van der Waals surface area contributed by atoms with Gasteiger partial charge in [0.1, 0.15) is 0 Å². The zero-order valence-corrected chi connectivity index (χ0v) is 11.8. The fourth-order valence-corrected chi connectivity index (χ4v) is 2.01. The molecule has 0 saturated heterocycles. The van der Waals surface area contributed by atoms with Crippen LogP contribution in [0.2, 0.25) is 5.02 Å².